The molecule has 4 aromatic rings. The molecule has 0 aliphatic carbocycles. The summed E-state index contributed by atoms with van der Waals surface area (Å²) >= 11 is 1.52. The maximum absolute atomic E-state index is 13.4. The molecule has 164 valence electrons. The van der Waals surface area contributed by atoms with Gasteiger partial charge in [0.2, 0.25) is 5.91 Å². The van der Waals surface area contributed by atoms with Gasteiger partial charge in [-0.05, 0) is 54.3 Å². The van der Waals surface area contributed by atoms with Gasteiger partial charge in [0.15, 0.2) is 10.8 Å². The van der Waals surface area contributed by atoms with E-state index in [-0.39, 0.29) is 11.7 Å². The van der Waals surface area contributed by atoms with E-state index in [1.165, 1.54) is 23.9 Å². The van der Waals surface area contributed by atoms with Gasteiger partial charge in [0, 0.05) is 17.6 Å². The van der Waals surface area contributed by atoms with Crippen molar-refractivity contribution in [3.8, 4) is 0 Å². The van der Waals surface area contributed by atoms with Gasteiger partial charge in [-0.3, -0.25) is 9.36 Å². The van der Waals surface area contributed by atoms with E-state index in [1.807, 2.05) is 47.9 Å². The number of fused-ring (bicyclic) bond motifs is 1. The van der Waals surface area contributed by atoms with Crippen LogP contribution in [0.4, 0.5) is 10.1 Å². The Labute approximate surface area is 191 Å². The van der Waals surface area contributed by atoms with E-state index in [0.29, 0.717) is 23.0 Å². The third-order valence-electron chi connectivity index (χ3n) is 5.35. The number of nitrogens with one attached hydrogen (secondary N) is 1. The van der Waals surface area contributed by atoms with Crippen LogP contribution in [0.2, 0.25) is 0 Å². The first-order chi connectivity index (χ1) is 15.6. The number of benzene rings is 2. The number of imidazole rings is 1. The first-order valence-electron chi connectivity index (χ1n) is 10.7. The van der Waals surface area contributed by atoms with Gasteiger partial charge in [0.25, 0.3) is 0 Å². The number of rotatable bonds is 8. The highest BCUT2D eigenvalue weighted by Gasteiger charge is 2.25. The highest BCUT2D eigenvalue weighted by atomic mass is 32.2. The lowest BCUT2D eigenvalue weighted by atomic mass is 10.1. The SMILES string of the molecule is CCc1ccccc1NC(=O)C(CC)n1c(SCc2ccc(F)cc2)nc2cccnc21. The number of nitrogens with zero attached hydrogens (tertiary/aromatic N) is 3. The number of thioether (sulfide) groups is 1. The van der Waals surface area contributed by atoms with E-state index >= 15 is 0 Å². The van der Waals surface area contributed by atoms with Gasteiger partial charge in [-0.1, -0.05) is 55.9 Å². The number of aromatic nitrogens is 3. The van der Waals surface area contributed by atoms with Gasteiger partial charge in [-0.25, -0.2) is 14.4 Å². The van der Waals surface area contributed by atoms with E-state index in [4.69, 9.17) is 4.98 Å². The number of hydrogen-bond acceptors (Lipinski definition) is 4. The highest BCUT2D eigenvalue weighted by molar-refractivity contribution is 7.98. The van der Waals surface area contributed by atoms with Gasteiger partial charge in [-0.2, -0.15) is 0 Å². The molecule has 1 unspecified atom stereocenters. The van der Waals surface area contributed by atoms with Crippen LogP contribution in [0.5, 0.6) is 0 Å². The average molecular weight is 449 g/mol. The molecule has 4 rings (SSSR count). The minimum absolute atomic E-state index is 0.0954. The molecule has 5 nitrogen and oxygen atoms in total. The van der Waals surface area contributed by atoms with Crippen LogP contribution < -0.4 is 5.32 Å². The fraction of sp³-hybridized carbons (Fsp3) is 0.240. The molecule has 32 heavy (non-hydrogen) atoms. The minimum Gasteiger partial charge on any atom is -0.324 e. The van der Waals surface area contributed by atoms with Crippen molar-refractivity contribution < 1.29 is 9.18 Å². The maximum Gasteiger partial charge on any atom is 0.247 e. The predicted octanol–water partition coefficient (Wildman–Crippen LogP) is 6.01. The molecule has 0 spiro atoms. The number of amides is 1. The van der Waals surface area contributed by atoms with Crippen molar-refractivity contribution in [1.82, 2.24) is 14.5 Å². The van der Waals surface area contributed by atoms with Gasteiger partial charge >= 0.3 is 0 Å². The second kappa shape index (κ2) is 9.96. The third-order valence-corrected chi connectivity index (χ3v) is 6.38. The van der Waals surface area contributed by atoms with Crippen molar-refractivity contribution >= 4 is 34.5 Å². The molecule has 2 aromatic heterocycles. The number of carbonyl (C=O) groups excluding carboxylic acids is 1. The summed E-state index contributed by atoms with van der Waals surface area (Å²) in [5, 5.41) is 3.82. The number of para-hydroxylation sites is 1. The fourth-order valence-corrected chi connectivity index (χ4v) is 4.68. The van der Waals surface area contributed by atoms with Gasteiger partial charge in [0.05, 0.1) is 0 Å². The molecule has 0 saturated heterocycles. The Kier molecular flexibility index (Phi) is 6.85. The molecule has 0 aliphatic heterocycles. The van der Waals surface area contributed by atoms with Crippen LogP contribution in [0.3, 0.4) is 0 Å². The summed E-state index contributed by atoms with van der Waals surface area (Å²) in [5.41, 5.74) is 4.33. The average Bonchev–Trinajstić information content (AvgIpc) is 3.18. The molecular formula is C25H25FN4OS. The summed E-state index contributed by atoms with van der Waals surface area (Å²) in [7, 11) is 0. The lowest BCUT2D eigenvalue weighted by Gasteiger charge is -2.20. The van der Waals surface area contributed by atoms with Crippen molar-refractivity contribution in [1.29, 1.82) is 0 Å². The van der Waals surface area contributed by atoms with E-state index in [2.05, 4.69) is 17.2 Å². The van der Waals surface area contributed by atoms with Gasteiger partial charge < -0.3 is 5.32 Å². The van der Waals surface area contributed by atoms with Crippen molar-refractivity contribution in [2.45, 2.75) is 43.6 Å². The van der Waals surface area contributed by atoms with Crippen molar-refractivity contribution in [3.63, 3.8) is 0 Å². The lowest BCUT2D eigenvalue weighted by molar-refractivity contribution is -0.119. The number of pyridine rings is 1. The normalized spacial score (nSPS) is 12.1. The number of halogens is 1. The Morgan fingerprint density at radius 2 is 1.88 bits per heavy atom. The summed E-state index contributed by atoms with van der Waals surface area (Å²) in [5.74, 6) is 0.257. The molecule has 1 amide bonds. The summed E-state index contributed by atoms with van der Waals surface area (Å²) in [6.45, 7) is 4.05. The molecular weight excluding hydrogens is 423 g/mol. The molecule has 0 aliphatic rings. The van der Waals surface area contributed by atoms with Gasteiger partial charge in [0.1, 0.15) is 17.4 Å². The number of anilines is 1. The van der Waals surface area contributed by atoms with Crippen LogP contribution in [0, 0.1) is 5.82 Å². The third kappa shape index (κ3) is 4.67. The quantitative estimate of drug-likeness (QED) is 0.335. The smallest absolute Gasteiger partial charge is 0.247 e. The molecule has 2 aromatic carbocycles. The van der Waals surface area contributed by atoms with Crippen LogP contribution in [0.25, 0.3) is 11.2 Å². The van der Waals surface area contributed by atoms with Crippen LogP contribution in [-0.4, -0.2) is 20.4 Å². The number of hydrogen-bond donors (Lipinski definition) is 1. The van der Waals surface area contributed by atoms with E-state index in [9.17, 15) is 9.18 Å². The van der Waals surface area contributed by atoms with E-state index < -0.39 is 6.04 Å². The second-order valence-corrected chi connectivity index (χ2v) is 8.39. The molecule has 7 heteroatoms. The second-order valence-electron chi connectivity index (χ2n) is 7.45. The van der Waals surface area contributed by atoms with Crippen molar-refractivity contribution in [2.24, 2.45) is 0 Å². The maximum atomic E-state index is 13.4. The summed E-state index contributed by atoms with van der Waals surface area (Å²) < 4.78 is 15.2. The summed E-state index contributed by atoms with van der Waals surface area (Å²) in [4.78, 5) is 22.6. The van der Waals surface area contributed by atoms with Crippen LogP contribution >= 0.6 is 11.8 Å². The summed E-state index contributed by atoms with van der Waals surface area (Å²) in [6, 6.07) is 17.6. The molecule has 0 bridgehead atoms. The van der Waals surface area contributed by atoms with Crippen LogP contribution in [0.15, 0.2) is 72.0 Å². The minimum atomic E-state index is -0.462. The molecule has 1 atom stereocenters. The summed E-state index contributed by atoms with van der Waals surface area (Å²) in [6.07, 6.45) is 3.14. The largest absolute Gasteiger partial charge is 0.324 e. The Morgan fingerprint density at radius 3 is 2.62 bits per heavy atom. The lowest BCUT2D eigenvalue weighted by Crippen LogP contribution is -2.26. The molecule has 0 saturated carbocycles. The van der Waals surface area contributed by atoms with Crippen molar-refractivity contribution in [3.05, 3.63) is 83.8 Å². The van der Waals surface area contributed by atoms with E-state index in [1.54, 1.807) is 18.3 Å². The predicted molar refractivity (Wildman–Crippen MR) is 127 cm³/mol. The van der Waals surface area contributed by atoms with Crippen LogP contribution in [0.1, 0.15) is 37.4 Å². The van der Waals surface area contributed by atoms with E-state index in [0.717, 1.165) is 28.8 Å². The Hall–Kier alpha value is -3.19. The molecule has 0 radical (unpaired) electrons. The first kappa shape index (κ1) is 22.0. The standard InChI is InChI=1S/C25H25FN4OS/c1-3-18-8-5-6-9-20(18)28-24(31)22(4-2)30-23-21(10-7-15-27-23)29-25(30)32-16-17-11-13-19(26)14-12-17/h5-15,22H,3-4,16H2,1-2H3,(H,28,31). The zero-order valence-corrected chi connectivity index (χ0v) is 18.9. The molecule has 1 N–H and O–H groups in total. The Bertz CT molecular complexity index is 1220. The Morgan fingerprint density at radius 1 is 1.09 bits per heavy atom. The molecule has 2 heterocycles. The first-order valence-corrected chi connectivity index (χ1v) is 11.7. The topological polar surface area (TPSA) is 59.8 Å². The van der Waals surface area contributed by atoms with Crippen LogP contribution in [-0.2, 0) is 17.0 Å². The number of carbonyl (C=O) groups is 1. The monoisotopic (exact) mass is 448 g/mol. The zero-order valence-electron chi connectivity index (χ0n) is 18.1. The number of aryl methyl sites for hydroxylation is 1. The fourth-order valence-electron chi connectivity index (χ4n) is 3.67. The Balaban J connectivity index is 1.66. The van der Waals surface area contributed by atoms with Gasteiger partial charge in [-0.15, -0.1) is 0 Å². The van der Waals surface area contributed by atoms with Crippen molar-refractivity contribution in [2.75, 3.05) is 5.32 Å². The zero-order chi connectivity index (χ0) is 22.5. The highest BCUT2D eigenvalue weighted by Crippen LogP contribution is 2.31. The molecule has 0 fully saturated rings.